The second-order valence-electron chi connectivity index (χ2n) is 3.62. The van der Waals surface area contributed by atoms with Crippen LogP contribution in [0, 0.1) is 5.92 Å². The lowest BCUT2D eigenvalue weighted by atomic mass is 9.97. The molecule has 13 heavy (non-hydrogen) atoms. The molecule has 0 aliphatic carbocycles. The number of nitrogens with one attached hydrogen (secondary N) is 1. The highest BCUT2D eigenvalue weighted by Gasteiger charge is 2.18. The van der Waals surface area contributed by atoms with Gasteiger partial charge < -0.3 is 10.6 Å². The van der Waals surface area contributed by atoms with Crippen LogP contribution in [-0.2, 0) is 0 Å². The maximum Gasteiger partial charge on any atom is 0.0749 e. The molecule has 4 nitrogen and oxygen atoms in total. The van der Waals surface area contributed by atoms with Crippen LogP contribution in [0.4, 0.5) is 5.69 Å². The number of piperidine rings is 1. The van der Waals surface area contributed by atoms with Crippen molar-refractivity contribution in [2.75, 3.05) is 24.5 Å². The van der Waals surface area contributed by atoms with Gasteiger partial charge in [-0.2, -0.15) is 5.10 Å². The van der Waals surface area contributed by atoms with Crippen LogP contribution in [0.2, 0.25) is 0 Å². The maximum atomic E-state index is 5.63. The number of aromatic nitrogens is 2. The predicted octanol–water partition coefficient (Wildman–Crippen LogP) is 0.585. The van der Waals surface area contributed by atoms with E-state index in [0.717, 1.165) is 25.6 Å². The van der Waals surface area contributed by atoms with E-state index >= 15 is 0 Å². The molecular formula is C9H16N4. The molecule has 1 aromatic heterocycles. The molecular weight excluding hydrogens is 164 g/mol. The highest BCUT2D eigenvalue weighted by atomic mass is 15.2. The van der Waals surface area contributed by atoms with Crippen LogP contribution >= 0.6 is 0 Å². The molecule has 1 aliphatic heterocycles. The fourth-order valence-electron chi connectivity index (χ4n) is 1.84. The lowest BCUT2D eigenvalue weighted by Gasteiger charge is -2.31. The molecule has 0 atom stereocenters. The molecule has 2 rings (SSSR count). The Balaban J connectivity index is 1.92. The summed E-state index contributed by atoms with van der Waals surface area (Å²) in [4.78, 5) is 2.36. The third-order valence-electron chi connectivity index (χ3n) is 2.80. The molecule has 1 aromatic rings. The average molecular weight is 180 g/mol. The van der Waals surface area contributed by atoms with E-state index in [2.05, 4.69) is 15.1 Å². The van der Waals surface area contributed by atoms with Crippen molar-refractivity contribution in [3.8, 4) is 0 Å². The highest BCUT2D eigenvalue weighted by molar-refractivity contribution is 5.42. The molecule has 72 valence electrons. The second kappa shape index (κ2) is 3.79. The Morgan fingerprint density at radius 1 is 1.54 bits per heavy atom. The zero-order chi connectivity index (χ0) is 9.10. The van der Waals surface area contributed by atoms with E-state index in [1.54, 1.807) is 0 Å². The molecule has 1 fully saturated rings. The molecule has 0 amide bonds. The summed E-state index contributed by atoms with van der Waals surface area (Å²) in [6.45, 7) is 3.06. The number of nitrogens with two attached hydrogens (primary N) is 1. The van der Waals surface area contributed by atoms with Gasteiger partial charge in [-0.05, 0) is 25.3 Å². The van der Waals surface area contributed by atoms with Crippen LogP contribution in [0.1, 0.15) is 12.8 Å². The molecule has 0 unspecified atom stereocenters. The van der Waals surface area contributed by atoms with E-state index in [4.69, 9.17) is 5.73 Å². The van der Waals surface area contributed by atoms with Crippen molar-refractivity contribution >= 4 is 5.69 Å². The first kappa shape index (κ1) is 8.56. The number of aromatic amines is 1. The average Bonchev–Trinajstić information content (AvgIpc) is 2.71. The number of hydrogen-bond donors (Lipinski definition) is 2. The topological polar surface area (TPSA) is 57.9 Å². The van der Waals surface area contributed by atoms with Gasteiger partial charge >= 0.3 is 0 Å². The van der Waals surface area contributed by atoms with Crippen LogP contribution in [0.15, 0.2) is 12.4 Å². The Bertz CT molecular complexity index is 236. The van der Waals surface area contributed by atoms with Gasteiger partial charge in [-0.15, -0.1) is 0 Å². The van der Waals surface area contributed by atoms with E-state index in [1.165, 1.54) is 18.5 Å². The van der Waals surface area contributed by atoms with E-state index in [-0.39, 0.29) is 0 Å². The summed E-state index contributed by atoms with van der Waals surface area (Å²) in [6, 6.07) is 0. The van der Waals surface area contributed by atoms with Gasteiger partial charge in [0, 0.05) is 19.3 Å². The minimum absolute atomic E-state index is 0.725. The van der Waals surface area contributed by atoms with Crippen LogP contribution in [0.5, 0.6) is 0 Å². The number of hydrogen-bond acceptors (Lipinski definition) is 3. The highest BCUT2D eigenvalue weighted by Crippen LogP contribution is 2.21. The molecule has 0 radical (unpaired) electrons. The largest absolute Gasteiger partial charge is 0.369 e. The Morgan fingerprint density at radius 3 is 2.85 bits per heavy atom. The van der Waals surface area contributed by atoms with Gasteiger partial charge in [0.2, 0.25) is 0 Å². The molecule has 0 spiro atoms. The molecule has 2 heterocycles. The van der Waals surface area contributed by atoms with Crippen molar-refractivity contribution in [2.24, 2.45) is 11.7 Å². The predicted molar refractivity (Wildman–Crippen MR) is 52.6 cm³/mol. The van der Waals surface area contributed by atoms with Gasteiger partial charge in [-0.25, -0.2) is 0 Å². The first-order valence-corrected chi connectivity index (χ1v) is 4.84. The molecule has 3 N–H and O–H groups in total. The van der Waals surface area contributed by atoms with Gasteiger partial charge in [0.15, 0.2) is 0 Å². The summed E-state index contributed by atoms with van der Waals surface area (Å²) in [6.07, 6.45) is 6.24. The van der Waals surface area contributed by atoms with Crippen LogP contribution in [-0.4, -0.2) is 29.8 Å². The fraction of sp³-hybridized carbons (Fsp3) is 0.667. The van der Waals surface area contributed by atoms with E-state index in [0.29, 0.717) is 0 Å². The lowest BCUT2D eigenvalue weighted by molar-refractivity contribution is 0.414. The third-order valence-corrected chi connectivity index (χ3v) is 2.80. The van der Waals surface area contributed by atoms with Crippen molar-refractivity contribution < 1.29 is 0 Å². The molecule has 4 heteroatoms. The SMILES string of the molecule is NCC1CCN(c2cn[nH]c2)CC1. The van der Waals surface area contributed by atoms with Crippen molar-refractivity contribution in [3.63, 3.8) is 0 Å². The normalized spacial score (nSPS) is 19.3. The summed E-state index contributed by atoms with van der Waals surface area (Å²) in [5, 5.41) is 6.78. The summed E-state index contributed by atoms with van der Waals surface area (Å²) in [5.41, 5.74) is 6.83. The lowest BCUT2D eigenvalue weighted by Crippen LogP contribution is -2.35. The number of rotatable bonds is 2. The molecule has 1 saturated heterocycles. The second-order valence-corrected chi connectivity index (χ2v) is 3.62. The molecule has 0 bridgehead atoms. The number of nitrogens with zero attached hydrogens (tertiary/aromatic N) is 2. The van der Waals surface area contributed by atoms with Crippen molar-refractivity contribution in [1.82, 2.24) is 10.2 Å². The Labute approximate surface area is 78.1 Å². The summed E-state index contributed by atoms with van der Waals surface area (Å²) in [7, 11) is 0. The van der Waals surface area contributed by atoms with Gasteiger partial charge in [0.25, 0.3) is 0 Å². The first-order chi connectivity index (χ1) is 6.40. The number of anilines is 1. The number of H-pyrrole nitrogens is 1. The van der Waals surface area contributed by atoms with E-state index < -0.39 is 0 Å². The van der Waals surface area contributed by atoms with Crippen molar-refractivity contribution in [2.45, 2.75) is 12.8 Å². The Morgan fingerprint density at radius 2 is 2.31 bits per heavy atom. The smallest absolute Gasteiger partial charge is 0.0749 e. The Kier molecular flexibility index (Phi) is 2.49. The monoisotopic (exact) mass is 180 g/mol. The molecule has 0 saturated carbocycles. The zero-order valence-corrected chi connectivity index (χ0v) is 7.74. The van der Waals surface area contributed by atoms with Crippen LogP contribution in [0.25, 0.3) is 0 Å². The minimum atomic E-state index is 0.725. The maximum absolute atomic E-state index is 5.63. The van der Waals surface area contributed by atoms with Crippen molar-refractivity contribution in [3.05, 3.63) is 12.4 Å². The Hall–Kier alpha value is -1.03. The molecule has 1 aliphatic rings. The van der Waals surface area contributed by atoms with Crippen molar-refractivity contribution in [1.29, 1.82) is 0 Å². The molecule has 0 aromatic carbocycles. The van der Waals surface area contributed by atoms with Gasteiger partial charge in [-0.3, -0.25) is 5.10 Å². The van der Waals surface area contributed by atoms with E-state index in [9.17, 15) is 0 Å². The standard InChI is InChI=1S/C9H16N4/c10-5-8-1-3-13(4-2-8)9-6-11-12-7-9/h6-8H,1-5,10H2,(H,11,12). The summed E-state index contributed by atoms with van der Waals surface area (Å²) >= 11 is 0. The van der Waals surface area contributed by atoms with Gasteiger partial charge in [0.05, 0.1) is 11.9 Å². The first-order valence-electron chi connectivity index (χ1n) is 4.84. The summed E-state index contributed by atoms with van der Waals surface area (Å²) < 4.78 is 0. The minimum Gasteiger partial charge on any atom is -0.369 e. The van der Waals surface area contributed by atoms with Crippen LogP contribution in [0.3, 0.4) is 0 Å². The summed E-state index contributed by atoms with van der Waals surface area (Å²) in [5.74, 6) is 0.725. The fourth-order valence-corrected chi connectivity index (χ4v) is 1.84. The van der Waals surface area contributed by atoms with Gasteiger partial charge in [-0.1, -0.05) is 0 Å². The quantitative estimate of drug-likeness (QED) is 0.700. The zero-order valence-electron chi connectivity index (χ0n) is 7.74. The van der Waals surface area contributed by atoms with Gasteiger partial charge in [0.1, 0.15) is 0 Å². The van der Waals surface area contributed by atoms with E-state index in [1.807, 2.05) is 12.4 Å². The van der Waals surface area contributed by atoms with Crippen LogP contribution < -0.4 is 10.6 Å². The third kappa shape index (κ3) is 1.83.